The van der Waals surface area contributed by atoms with Gasteiger partial charge in [0.1, 0.15) is 18.0 Å². The zero-order chi connectivity index (χ0) is 13.7. The third-order valence-electron chi connectivity index (χ3n) is 3.13. The summed E-state index contributed by atoms with van der Waals surface area (Å²) >= 11 is 0. The monoisotopic (exact) mass is 258 g/mol. The van der Waals surface area contributed by atoms with E-state index in [1.807, 2.05) is 54.6 Å². The summed E-state index contributed by atoms with van der Waals surface area (Å²) in [6, 6.07) is 17.0. The lowest BCUT2D eigenvalue weighted by Gasteiger charge is -2.22. The summed E-state index contributed by atoms with van der Waals surface area (Å²) in [4.78, 5) is 0. The Morgan fingerprint density at radius 2 is 1.47 bits per heavy atom. The van der Waals surface area contributed by atoms with E-state index in [1.54, 1.807) is 14.2 Å². The van der Waals surface area contributed by atoms with Gasteiger partial charge in [0.05, 0.1) is 7.11 Å². The molecule has 19 heavy (non-hydrogen) atoms. The summed E-state index contributed by atoms with van der Waals surface area (Å²) in [5, 5.41) is 10.4. The van der Waals surface area contributed by atoms with Crippen LogP contribution in [0.1, 0.15) is 23.3 Å². The molecule has 2 atom stereocenters. The molecule has 0 aromatic heterocycles. The second-order valence-corrected chi connectivity index (χ2v) is 4.28. The van der Waals surface area contributed by atoms with Crippen molar-refractivity contribution >= 4 is 0 Å². The molecule has 0 radical (unpaired) electrons. The van der Waals surface area contributed by atoms with E-state index in [9.17, 15) is 5.11 Å². The Morgan fingerprint density at radius 3 is 2.00 bits per heavy atom. The third kappa shape index (κ3) is 3.13. The topological polar surface area (TPSA) is 38.7 Å². The highest BCUT2D eigenvalue weighted by molar-refractivity contribution is 5.30. The van der Waals surface area contributed by atoms with Crippen molar-refractivity contribution in [3.8, 4) is 5.75 Å². The van der Waals surface area contributed by atoms with Gasteiger partial charge in [-0.05, 0) is 23.3 Å². The van der Waals surface area contributed by atoms with Crippen molar-refractivity contribution in [3.63, 3.8) is 0 Å². The minimum atomic E-state index is -0.710. The fourth-order valence-corrected chi connectivity index (χ4v) is 2.07. The van der Waals surface area contributed by atoms with Crippen molar-refractivity contribution < 1.29 is 14.6 Å². The Bertz CT molecular complexity index is 493. The highest BCUT2D eigenvalue weighted by Gasteiger charge is 2.22. The molecule has 0 amide bonds. The van der Waals surface area contributed by atoms with Crippen LogP contribution in [-0.2, 0) is 4.74 Å². The molecule has 2 aromatic rings. The van der Waals surface area contributed by atoms with Crippen LogP contribution in [0.5, 0.6) is 5.75 Å². The Labute approximate surface area is 113 Å². The van der Waals surface area contributed by atoms with Crippen LogP contribution in [0, 0.1) is 0 Å². The summed E-state index contributed by atoms with van der Waals surface area (Å²) in [7, 11) is 3.22. The van der Waals surface area contributed by atoms with Crippen LogP contribution >= 0.6 is 0 Å². The molecule has 2 unspecified atom stereocenters. The second kappa shape index (κ2) is 6.36. The Morgan fingerprint density at radius 1 is 0.842 bits per heavy atom. The number of aliphatic hydroxyl groups excluding tert-OH is 1. The molecule has 1 N–H and O–H groups in total. The Hall–Kier alpha value is -1.84. The van der Waals surface area contributed by atoms with Crippen LogP contribution in [0.2, 0.25) is 0 Å². The molecular formula is C16H18O3. The van der Waals surface area contributed by atoms with E-state index in [1.165, 1.54) is 0 Å². The predicted octanol–water partition coefficient (Wildman–Crippen LogP) is 3.12. The highest BCUT2D eigenvalue weighted by Crippen LogP contribution is 2.32. The largest absolute Gasteiger partial charge is 0.497 e. The standard InChI is InChI=1S/C16H18O3/c1-18-14-10-8-12(9-11-14)15(17)16(19-2)13-6-4-3-5-7-13/h3-11,15-17H,1-2H3. The van der Waals surface area contributed by atoms with Crippen LogP contribution < -0.4 is 4.74 Å². The van der Waals surface area contributed by atoms with Crippen molar-refractivity contribution in [3.05, 3.63) is 65.7 Å². The summed E-state index contributed by atoms with van der Waals surface area (Å²) in [5.41, 5.74) is 1.75. The van der Waals surface area contributed by atoms with Crippen molar-refractivity contribution in [2.75, 3.05) is 14.2 Å². The molecule has 2 aromatic carbocycles. The number of ether oxygens (including phenoxy) is 2. The number of rotatable bonds is 5. The van der Waals surface area contributed by atoms with Crippen LogP contribution in [0.4, 0.5) is 0 Å². The summed E-state index contributed by atoms with van der Waals surface area (Å²) in [5.74, 6) is 0.768. The fraction of sp³-hybridized carbons (Fsp3) is 0.250. The first-order chi connectivity index (χ1) is 9.26. The fourth-order valence-electron chi connectivity index (χ4n) is 2.07. The molecule has 0 aliphatic rings. The Kier molecular flexibility index (Phi) is 4.55. The number of benzene rings is 2. The van der Waals surface area contributed by atoms with E-state index in [-0.39, 0.29) is 6.10 Å². The van der Waals surface area contributed by atoms with E-state index < -0.39 is 6.10 Å². The first-order valence-electron chi connectivity index (χ1n) is 6.16. The first kappa shape index (κ1) is 13.6. The van der Waals surface area contributed by atoms with Gasteiger partial charge in [-0.3, -0.25) is 0 Å². The number of methoxy groups -OCH3 is 2. The van der Waals surface area contributed by atoms with Crippen LogP contribution in [0.15, 0.2) is 54.6 Å². The molecular weight excluding hydrogens is 240 g/mol. The number of hydrogen-bond acceptors (Lipinski definition) is 3. The van der Waals surface area contributed by atoms with Gasteiger partial charge < -0.3 is 14.6 Å². The maximum atomic E-state index is 10.4. The lowest BCUT2D eigenvalue weighted by atomic mass is 9.98. The summed E-state index contributed by atoms with van der Waals surface area (Å²) in [6.07, 6.45) is -1.09. The van der Waals surface area contributed by atoms with Crippen LogP contribution in [0.25, 0.3) is 0 Å². The van der Waals surface area contributed by atoms with E-state index in [0.29, 0.717) is 0 Å². The van der Waals surface area contributed by atoms with Crippen molar-refractivity contribution in [2.24, 2.45) is 0 Å². The first-order valence-corrected chi connectivity index (χ1v) is 6.16. The molecule has 0 saturated heterocycles. The average Bonchev–Trinajstić information content (AvgIpc) is 2.49. The number of hydrogen-bond donors (Lipinski definition) is 1. The lowest BCUT2D eigenvalue weighted by Crippen LogP contribution is -2.12. The van der Waals surface area contributed by atoms with Gasteiger partial charge in [0, 0.05) is 7.11 Å². The molecule has 3 nitrogen and oxygen atoms in total. The van der Waals surface area contributed by atoms with Gasteiger partial charge in [-0.15, -0.1) is 0 Å². The molecule has 0 bridgehead atoms. The molecule has 0 fully saturated rings. The van der Waals surface area contributed by atoms with Gasteiger partial charge in [0.15, 0.2) is 0 Å². The lowest BCUT2D eigenvalue weighted by molar-refractivity contribution is -0.0149. The molecule has 2 rings (SSSR count). The predicted molar refractivity (Wildman–Crippen MR) is 74.1 cm³/mol. The van der Waals surface area contributed by atoms with Crippen LogP contribution in [0.3, 0.4) is 0 Å². The molecule has 0 heterocycles. The molecule has 3 heteroatoms. The van der Waals surface area contributed by atoms with E-state index >= 15 is 0 Å². The van der Waals surface area contributed by atoms with Gasteiger partial charge >= 0.3 is 0 Å². The highest BCUT2D eigenvalue weighted by atomic mass is 16.5. The molecule has 0 aliphatic heterocycles. The SMILES string of the molecule is COc1ccc(C(O)C(OC)c2ccccc2)cc1. The van der Waals surface area contributed by atoms with Gasteiger partial charge in [0.25, 0.3) is 0 Å². The molecule has 0 saturated carbocycles. The second-order valence-electron chi connectivity index (χ2n) is 4.28. The van der Waals surface area contributed by atoms with E-state index in [0.717, 1.165) is 16.9 Å². The molecule has 0 aliphatic carbocycles. The van der Waals surface area contributed by atoms with Crippen molar-refractivity contribution in [1.29, 1.82) is 0 Å². The van der Waals surface area contributed by atoms with E-state index in [2.05, 4.69) is 0 Å². The smallest absolute Gasteiger partial charge is 0.118 e. The normalized spacial score (nSPS) is 13.8. The summed E-state index contributed by atoms with van der Waals surface area (Å²) in [6.45, 7) is 0. The minimum absolute atomic E-state index is 0.380. The van der Waals surface area contributed by atoms with Gasteiger partial charge in [-0.2, -0.15) is 0 Å². The quantitative estimate of drug-likeness (QED) is 0.895. The maximum absolute atomic E-state index is 10.4. The van der Waals surface area contributed by atoms with Gasteiger partial charge in [-0.25, -0.2) is 0 Å². The number of aliphatic hydroxyl groups is 1. The van der Waals surface area contributed by atoms with Gasteiger partial charge in [-0.1, -0.05) is 42.5 Å². The van der Waals surface area contributed by atoms with Crippen molar-refractivity contribution in [1.82, 2.24) is 0 Å². The van der Waals surface area contributed by atoms with Crippen molar-refractivity contribution in [2.45, 2.75) is 12.2 Å². The third-order valence-corrected chi connectivity index (χ3v) is 3.13. The zero-order valence-electron chi connectivity index (χ0n) is 11.1. The Balaban J connectivity index is 2.22. The maximum Gasteiger partial charge on any atom is 0.118 e. The molecule has 0 spiro atoms. The zero-order valence-corrected chi connectivity index (χ0v) is 11.1. The average molecular weight is 258 g/mol. The molecule has 100 valence electrons. The minimum Gasteiger partial charge on any atom is -0.497 e. The van der Waals surface area contributed by atoms with Gasteiger partial charge in [0.2, 0.25) is 0 Å². The van der Waals surface area contributed by atoms with E-state index in [4.69, 9.17) is 9.47 Å². The van der Waals surface area contributed by atoms with Crippen LogP contribution in [-0.4, -0.2) is 19.3 Å². The summed E-state index contributed by atoms with van der Waals surface area (Å²) < 4.78 is 10.5.